The summed E-state index contributed by atoms with van der Waals surface area (Å²) in [7, 11) is 0. The van der Waals surface area contributed by atoms with E-state index in [0.29, 0.717) is 5.92 Å². The number of nitrogens with zero attached hydrogens (tertiary/aromatic N) is 2. The van der Waals surface area contributed by atoms with Crippen LogP contribution in [0.4, 0.5) is 5.13 Å². The number of anilines is 1. The summed E-state index contributed by atoms with van der Waals surface area (Å²) < 4.78 is 0. The number of likely N-dealkylation sites (N-methyl/N-ethyl adjacent to an activating group) is 1. The van der Waals surface area contributed by atoms with E-state index in [9.17, 15) is 4.79 Å². The van der Waals surface area contributed by atoms with Gasteiger partial charge in [-0.15, -0.1) is 11.3 Å². The van der Waals surface area contributed by atoms with Gasteiger partial charge in [-0.2, -0.15) is 0 Å². The van der Waals surface area contributed by atoms with Gasteiger partial charge in [0.05, 0.1) is 11.6 Å². The molecule has 0 aromatic carbocycles. The molecule has 2 atom stereocenters. The second kappa shape index (κ2) is 6.02. The number of carbonyl (C=O) groups excluding carboxylic acids is 1. The third kappa shape index (κ3) is 3.22. The molecule has 4 nitrogen and oxygen atoms in total. The standard InChI is InChI=1S/C18H27N3OS/c1-6-21-8-7-13-14(10-21)23-17(19-13)20-16(22)15-12(9-11(2)3)18(15,4)5/h9,12,15H,6-8,10H2,1-5H3,(H,19,20,22). The summed E-state index contributed by atoms with van der Waals surface area (Å²) in [5.41, 5.74) is 2.51. The van der Waals surface area contributed by atoms with Crippen LogP contribution in [0.25, 0.3) is 0 Å². The van der Waals surface area contributed by atoms with E-state index in [1.165, 1.54) is 16.1 Å². The highest BCUT2D eigenvalue weighted by molar-refractivity contribution is 7.15. The lowest BCUT2D eigenvalue weighted by molar-refractivity contribution is -0.118. The molecule has 1 aliphatic heterocycles. The van der Waals surface area contributed by atoms with Crippen molar-refractivity contribution in [3.63, 3.8) is 0 Å². The van der Waals surface area contributed by atoms with Gasteiger partial charge >= 0.3 is 0 Å². The zero-order chi connectivity index (χ0) is 16.8. The summed E-state index contributed by atoms with van der Waals surface area (Å²) in [5, 5.41) is 3.85. The van der Waals surface area contributed by atoms with Gasteiger partial charge in [0.25, 0.3) is 0 Å². The Labute approximate surface area is 143 Å². The zero-order valence-electron chi connectivity index (χ0n) is 14.8. The maximum Gasteiger partial charge on any atom is 0.230 e. The van der Waals surface area contributed by atoms with E-state index in [1.54, 1.807) is 11.3 Å². The van der Waals surface area contributed by atoms with Crippen LogP contribution in [0.3, 0.4) is 0 Å². The van der Waals surface area contributed by atoms with Gasteiger partial charge in [-0.05, 0) is 31.7 Å². The molecule has 2 heterocycles. The van der Waals surface area contributed by atoms with Crippen LogP contribution in [0.15, 0.2) is 11.6 Å². The lowest BCUT2D eigenvalue weighted by Gasteiger charge is -2.23. The molecule has 1 fully saturated rings. The molecule has 0 spiro atoms. The average Bonchev–Trinajstić information content (AvgIpc) is 2.81. The number of aromatic nitrogens is 1. The summed E-state index contributed by atoms with van der Waals surface area (Å²) in [6, 6.07) is 0. The van der Waals surface area contributed by atoms with Crippen molar-refractivity contribution >= 4 is 22.4 Å². The minimum atomic E-state index is 0.0528. The van der Waals surface area contributed by atoms with E-state index in [4.69, 9.17) is 0 Å². The molecule has 23 heavy (non-hydrogen) atoms. The lowest BCUT2D eigenvalue weighted by Crippen LogP contribution is -2.29. The monoisotopic (exact) mass is 333 g/mol. The summed E-state index contributed by atoms with van der Waals surface area (Å²) in [6.07, 6.45) is 3.22. The van der Waals surface area contributed by atoms with Gasteiger partial charge in [-0.1, -0.05) is 32.4 Å². The number of fused-ring (bicyclic) bond motifs is 1. The molecule has 1 aromatic heterocycles. The largest absolute Gasteiger partial charge is 0.302 e. The van der Waals surface area contributed by atoms with Gasteiger partial charge in [0, 0.05) is 24.4 Å². The number of allylic oxidation sites excluding steroid dienone is 2. The third-order valence-electron chi connectivity index (χ3n) is 5.19. The first-order valence-corrected chi connectivity index (χ1v) is 9.31. The van der Waals surface area contributed by atoms with Crippen LogP contribution < -0.4 is 5.32 Å². The van der Waals surface area contributed by atoms with E-state index >= 15 is 0 Å². The third-order valence-corrected chi connectivity index (χ3v) is 6.19. The molecule has 2 unspecified atom stereocenters. The number of amides is 1. The van der Waals surface area contributed by atoms with Crippen LogP contribution in [0.2, 0.25) is 0 Å². The van der Waals surface area contributed by atoms with E-state index in [0.717, 1.165) is 31.2 Å². The normalized spacial score (nSPS) is 25.6. The average molecular weight is 334 g/mol. The van der Waals surface area contributed by atoms with Gasteiger partial charge in [0.1, 0.15) is 0 Å². The van der Waals surface area contributed by atoms with Gasteiger partial charge < -0.3 is 5.32 Å². The Kier molecular flexibility index (Phi) is 4.36. The molecule has 3 rings (SSSR count). The zero-order valence-corrected chi connectivity index (χ0v) is 15.6. The first kappa shape index (κ1) is 16.7. The molecule has 126 valence electrons. The minimum absolute atomic E-state index is 0.0528. The van der Waals surface area contributed by atoms with E-state index in [-0.39, 0.29) is 17.2 Å². The first-order chi connectivity index (χ1) is 10.8. The second-order valence-electron chi connectivity index (χ2n) is 7.57. The van der Waals surface area contributed by atoms with Crippen LogP contribution in [0.5, 0.6) is 0 Å². The van der Waals surface area contributed by atoms with E-state index in [1.807, 2.05) is 0 Å². The number of nitrogens with one attached hydrogen (secondary N) is 1. The molecule has 1 saturated carbocycles. The Morgan fingerprint density at radius 3 is 2.87 bits per heavy atom. The molecule has 0 saturated heterocycles. The second-order valence-corrected chi connectivity index (χ2v) is 8.65. The summed E-state index contributed by atoms with van der Waals surface area (Å²) in [5.74, 6) is 0.527. The quantitative estimate of drug-likeness (QED) is 0.855. The Morgan fingerprint density at radius 2 is 2.22 bits per heavy atom. The fourth-order valence-electron chi connectivity index (χ4n) is 3.60. The van der Waals surface area contributed by atoms with Crippen molar-refractivity contribution in [1.82, 2.24) is 9.88 Å². The predicted molar refractivity (Wildman–Crippen MR) is 95.6 cm³/mol. The molecule has 1 amide bonds. The lowest BCUT2D eigenvalue weighted by atomic mass is 10.1. The minimum Gasteiger partial charge on any atom is -0.302 e. The Morgan fingerprint density at radius 1 is 1.48 bits per heavy atom. The van der Waals surface area contributed by atoms with Crippen LogP contribution in [-0.4, -0.2) is 28.9 Å². The highest BCUT2D eigenvalue weighted by atomic mass is 32.1. The van der Waals surface area contributed by atoms with Gasteiger partial charge in [-0.25, -0.2) is 4.98 Å². The molecular formula is C18H27N3OS. The number of hydrogen-bond donors (Lipinski definition) is 1. The molecule has 1 N–H and O–H groups in total. The molecule has 1 aliphatic carbocycles. The van der Waals surface area contributed by atoms with Gasteiger partial charge in [0.2, 0.25) is 5.91 Å². The molecular weight excluding hydrogens is 306 g/mol. The fourth-order valence-corrected chi connectivity index (χ4v) is 4.66. The summed E-state index contributed by atoms with van der Waals surface area (Å²) >= 11 is 1.64. The molecule has 1 aromatic rings. The number of carbonyl (C=O) groups is 1. The Hall–Kier alpha value is -1.20. The van der Waals surface area contributed by atoms with Crippen molar-refractivity contribution in [2.45, 2.75) is 47.6 Å². The van der Waals surface area contributed by atoms with Gasteiger partial charge in [0.15, 0.2) is 5.13 Å². The molecule has 2 aliphatic rings. The highest BCUT2D eigenvalue weighted by Crippen LogP contribution is 2.59. The van der Waals surface area contributed by atoms with E-state index in [2.05, 4.69) is 55.9 Å². The van der Waals surface area contributed by atoms with Crippen molar-refractivity contribution in [3.8, 4) is 0 Å². The maximum atomic E-state index is 12.6. The predicted octanol–water partition coefficient (Wildman–Crippen LogP) is 3.70. The topological polar surface area (TPSA) is 45.2 Å². The smallest absolute Gasteiger partial charge is 0.230 e. The van der Waals surface area contributed by atoms with Crippen LogP contribution in [0.1, 0.15) is 45.2 Å². The maximum absolute atomic E-state index is 12.6. The van der Waals surface area contributed by atoms with Crippen molar-refractivity contribution in [3.05, 3.63) is 22.2 Å². The SMILES string of the molecule is CCN1CCc2nc(NC(=O)C3C(C=C(C)C)C3(C)C)sc2C1. The first-order valence-electron chi connectivity index (χ1n) is 8.49. The van der Waals surface area contributed by atoms with Crippen LogP contribution in [-0.2, 0) is 17.8 Å². The fraction of sp³-hybridized carbons (Fsp3) is 0.667. The van der Waals surface area contributed by atoms with Crippen molar-refractivity contribution in [2.24, 2.45) is 17.3 Å². The Bertz CT molecular complexity index is 643. The summed E-state index contributed by atoms with van der Waals surface area (Å²) in [4.78, 5) is 21.0. The van der Waals surface area contributed by atoms with Crippen LogP contribution >= 0.6 is 11.3 Å². The molecule has 0 radical (unpaired) electrons. The molecule has 5 heteroatoms. The van der Waals surface area contributed by atoms with E-state index < -0.39 is 0 Å². The van der Waals surface area contributed by atoms with Crippen molar-refractivity contribution in [2.75, 3.05) is 18.4 Å². The van der Waals surface area contributed by atoms with Crippen molar-refractivity contribution < 1.29 is 4.79 Å². The summed E-state index contributed by atoms with van der Waals surface area (Å²) in [6.45, 7) is 13.8. The number of rotatable bonds is 4. The number of thiazole rings is 1. The Balaban J connectivity index is 1.68. The highest BCUT2D eigenvalue weighted by Gasteiger charge is 2.60. The number of hydrogen-bond acceptors (Lipinski definition) is 4. The van der Waals surface area contributed by atoms with Crippen LogP contribution in [0, 0.1) is 17.3 Å². The van der Waals surface area contributed by atoms with Crippen molar-refractivity contribution in [1.29, 1.82) is 0 Å². The van der Waals surface area contributed by atoms with Gasteiger partial charge in [-0.3, -0.25) is 9.69 Å². The molecule has 0 bridgehead atoms.